The molecule has 1 aromatic carbocycles. The van der Waals surface area contributed by atoms with Crippen molar-refractivity contribution in [2.45, 2.75) is 13.3 Å². The highest BCUT2D eigenvalue weighted by atomic mass is 15.0. The molecule has 108 valence electrons. The Kier molecular flexibility index (Phi) is 4.00. The lowest BCUT2D eigenvalue weighted by molar-refractivity contribution is 0.928. The lowest BCUT2D eigenvalue weighted by Crippen LogP contribution is -2.07. The van der Waals surface area contributed by atoms with E-state index < -0.39 is 0 Å². The summed E-state index contributed by atoms with van der Waals surface area (Å²) in [5, 5.41) is 6.53. The monoisotopic (exact) mass is 281 g/mol. The van der Waals surface area contributed by atoms with E-state index in [9.17, 15) is 0 Å². The molecule has 0 aliphatic heterocycles. The van der Waals surface area contributed by atoms with Gasteiger partial charge in [-0.25, -0.2) is 9.97 Å². The molecule has 0 atom stereocenters. The van der Waals surface area contributed by atoms with Crippen molar-refractivity contribution in [3.8, 4) is 0 Å². The molecule has 3 N–H and O–H groups in total. The zero-order valence-corrected chi connectivity index (χ0v) is 12.1. The first-order valence-corrected chi connectivity index (χ1v) is 7.22. The third kappa shape index (κ3) is 3.31. The van der Waals surface area contributed by atoms with Crippen LogP contribution in [-0.2, 0) is 6.42 Å². The van der Waals surface area contributed by atoms with Gasteiger partial charge in [0.2, 0.25) is 0 Å². The molecule has 0 unspecified atom stereocenters. The number of benzene rings is 1. The zero-order valence-electron chi connectivity index (χ0n) is 12.1. The number of fused-ring (bicyclic) bond motifs is 1. The highest BCUT2D eigenvalue weighted by molar-refractivity contribution is 5.74. The Bertz CT molecular complexity index is 669. The first-order valence-electron chi connectivity index (χ1n) is 7.22. The van der Waals surface area contributed by atoms with Crippen LogP contribution in [0.4, 0.5) is 11.5 Å². The summed E-state index contributed by atoms with van der Waals surface area (Å²) in [5.41, 5.74) is 3.14. The fourth-order valence-electron chi connectivity index (χ4n) is 2.24. The minimum absolute atomic E-state index is 0.799. The van der Waals surface area contributed by atoms with E-state index in [4.69, 9.17) is 0 Å². The van der Waals surface area contributed by atoms with Crippen LogP contribution in [0.2, 0.25) is 0 Å². The average Bonchev–Trinajstić information content (AvgIpc) is 2.92. The van der Waals surface area contributed by atoms with E-state index in [1.165, 1.54) is 0 Å². The average molecular weight is 281 g/mol. The highest BCUT2D eigenvalue weighted by Crippen LogP contribution is 2.12. The van der Waals surface area contributed by atoms with E-state index in [1.54, 1.807) is 0 Å². The van der Waals surface area contributed by atoms with Gasteiger partial charge in [0, 0.05) is 19.5 Å². The van der Waals surface area contributed by atoms with Crippen molar-refractivity contribution in [3.05, 3.63) is 48.4 Å². The smallest absolute Gasteiger partial charge is 0.126 e. The molecule has 0 bridgehead atoms. The Balaban J connectivity index is 1.55. The van der Waals surface area contributed by atoms with Gasteiger partial charge >= 0.3 is 0 Å². The van der Waals surface area contributed by atoms with Crippen LogP contribution in [0.1, 0.15) is 12.7 Å². The lowest BCUT2D eigenvalue weighted by atomic mass is 10.3. The summed E-state index contributed by atoms with van der Waals surface area (Å²) in [4.78, 5) is 12.2. The molecular weight excluding hydrogens is 262 g/mol. The predicted octanol–water partition coefficient (Wildman–Crippen LogP) is 3.04. The van der Waals surface area contributed by atoms with E-state index in [2.05, 4.69) is 32.5 Å². The largest absolute Gasteiger partial charge is 0.384 e. The number of aromatic amines is 1. The van der Waals surface area contributed by atoms with Gasteiger partial charge in [0.1, 0.15) is 11.6 Å². The highest BCUT2D eigenvalue weighted by Gasteiger charge is 2.02. The number of aromatic nitrogens is 3. The van der Waals surface area contributed by atoms with Gasteiger partial charge in [0.05, 0.1) is 22.9 Å². The number of pyridine rings is 1. The quantitative estimate of drug-likeness (QED) is 0.649. The first kappa shape index (κ1) is 13.4. The van der Waals surface area contributed by atoms with Crippen molar-refractivity contribution in [1.82, 2.24) is 15.0 Å². The second-order valence-electron chi connectivity index (χ2n) is 4.84. The van der Waals surface area contributed by atoms with Crippen molar-refractivity contribution in [3.63, 3.8) is 0 Å². The molecule has 21 heavy (non-hydrogen) atoms. The molecule has 5 heteroatoms. The number of para-hydroxylation sites is 2. The number of imidazole rings is 1. The Morgan fingerprint density at radius 1 is 1.10 bits per heavy atom. The fraction of sp³-hybridized carbons (Fsp3) is 0.250. The summed E-state index contributed by atoms with van der Waals surface area (Å²) < 4.78 is 0. The van der Waals surface area contributed by atoms with Crippen LogP contribution in [0.3, 0.4) is 0 Å². The third-order valence-electron chi connectivity index (χ3n) is 3.25. The summed E-state index contributed by atoms with van der Waals surface area (Å²) in [5.74, 6) is 1.88. The second-order valence-corrected chi connectivity index (χ2v) is 4.84. The van der Waals surface area contributed by atoms with Crippen molar-refractivity contribution >= 4 is 22.5 Å². The molecule has 0 aliphatic carbocycles. The maximum absolute atomic E-state index is 4.56. The normalized spacial score (nSPS) is 10.7. The van der Waals surface area contributed by atoms with E-state index >= 15 is 0 Å². The van der Waals surface area contributed by atoms with Gasteiger partial charge in [0.25, 0.3) is 0 Å². The van der Waals surface area contributed by atoms with Crippen molar-refractivity contribution in [1.29, 1.82) is 0 Å². The standard InChI is InChI=1S/C16H19N5/c1-2-17-12-7-8-15(19-11-12)18-10-9-16-20-13-5-3-4-6-14(13)21-16/h3-8,11,17H,2,9-10H2,1H3,(H,18,19)(H,20,21). The molecule has 2 heterocycles. The van der Waals surface area contributed by atoms with Crippen LogP contribution in [0.5, 0.6) is 0 Å². The van der Waals surface area contributed by atoms with Gasteiger partial charge < -0.3 is 15.6 Å². The molecule has 0 spiro atoms. The van der Waals surface area contributed by atoms with E-state index in [1.807, 2.05) is 42.6 Å². The summed E-state index contributed by atoms with van der Waals surface area (Å²) >= 11 is 0. The third-order valence-corrected chi connectivity index (χ3v) is 3.25. The van der Waals surface area contributed by atoms with Crippen LogP contribution >= 0.6 is 0 Å². The van der Waals surface area contributed by atoms with Gasteiger partial charge in [-0.2, -0.15) is 0 Å². The minimum atomic E-state index is 0.799. The maximum atomic E-state index is 4.56. The Morgan fingerprint density at radius 2 is 2.00 bits per heavy atom. The number of hydrogen-bond donors (Lipinski definition) is 3. The van der Waals surface area contributed by atoms with Gasteiger partial charge in [-0.3, -0.25) is 0 Å². The molecule has 3 rings (SSSR count). The topological polar surface area (TPSA) is 65.6 Å². The van der Waals surface area contributed by atoms with Crippen LogP contribution in [0, 0.1) is 0 Å². The summed E-state index contributed by atoms with van der Waals surface area (Å²) in [7, 11) is 0. The van der Waals surface area contributed by atoms with Gasteiger partial charge in [-0.05, 0) is 31.2 Å². The Labute approximate surface area is 123 Å². The molecule has 0 radical (unpaired) electrons. The van der Waals surface area contributed by atoms with E-state index in [0.717, 1.165) is 47.9 Å². The number of nitrogens with one attached hydrogen (secondary N) is 3. The zero-order chi connectivity index (χ0) is 14.5. The first-order chi connectivity index (χ1) is 10.3. The number of H-pyrrole nitrogens is 1. The molecule has 0 amide bonds. The molecule has 0 saturated carbocycles. The van der Waals surface area contributed by atoms with Crippen LogP contribution in [-0.4, -0.2) is 28.0 Å². The van der Waals surface area contributed by atoms with Crippen molar-refractivity contribution in [2.75, 3.05) is 23.7 Å². The number of rotatable bonds is 6. The number of anilines is 2. The van der Waals surface area contributed by atoms with Crippen LogP contribution in [0.25, 0.3) is 11.0 Å². The summed E-state index contributed by atoms with van der Waals surface area (Å²) in [6.45, 7) is 3.77. The van der Waals surface area contributed by atoms with E-state index in [-0.39, 0.29) is 0 Å². The predicted molar refractivity (Wildman–Crippen MR) is 86.7 cm³/mol. The van der Waals surface area contributed by atoms with Crippen molar-refractivity contribution < 1.29 is 0 Å². The molecule has 5 nitrogen and oxygen atoms in total. The molecule has 0 fully saturated rings. The minimum Gasteiger partial charge on any atom is -0.384 e. The van der Waals surface area contributed by atoms with Gasteiger partial charge in [0.15, 0.2) is 0 Å². The van der Waals surface area contributed by atoms with E-state index in [0.29, 0.717) is 0 Å². The molecule has 0 aliphatic rings. The molecular formula is C16H19N5. The Morgan fingerprint density at radius 3 is 2.76 bits per heavy atom. The molecule has 3 aromatic rings. The fourth-order valence-corrected chi connectivity index (χ4v) is 2.24. The van der Waals surface area contributed by atoms with Gasteiger partial charge in [-0.1, -0.05) is 12.1 Å². The van der Waals surface area contributed by atoms with Gasteiger partial charge in [-0.15, -0.1) is 0 Å². The number of nitrogens with zero attached hydrogens (tertiary/aromatic N) is 2. The molecule has 0 saturated heterocycles. The summed E-state index contributed by atoms with van der Waals surface area (Å²) in [6, 6.07) is 12.1. The SMILES string of the molecule is CCNc1ccc(NCCc2nc3ccccc3[nH]2)nc1. The summed E-state index contributed by atoms with van der Waals surface area (Å²) in [6.07, 6.45) is 2.68. The van der Waals surface area contributed by atoms with Crippen LogP contribution < -0.4 is 10.6 Å². The second kappa shape index (κ2) is 6.26. The van der Waals surface area contributed by atoms with Crippen LogP contribution in [0.15, 0.2) is 42.6 Å². The lowest BCUT2D eigenvalue weighted by Gasteiger charge is -2.06. The maximum Gasteiger partial charge on any atom is 0.126 e. The Hall–Kier alpha value is -2.56. The number of hydrogen-bond acceptors (Lipinski definition) is 4. The molecule has 2 aromatic heterocycles. The van der Waals surface area contributed by atoms with Crippen molar-refractivity contribution in [2.24, 2.45) is 0 Å².